The van der Waals surface area contributed by atoms with Crippen LogP contribution >= 0.6 is 0 Å². The van der Waals surface area contributed by atoms with E-state index in [2.05, 4.69) is 17.0 Å². The molecule has 0 amide bonds. The number of hydrogen-bond donors (Lipinski definition) is 1. The summed E-state index contributed by atoms with van der Waals surface area (Å²) >= 11 is 0. The quantitative estimate of drug-likeness (QED) is 0.860. The van der Waals surface area contributed by atoms with Crippen LogP contribution in [-0.2, 0) is 6.54 Å². The average Bonchev–Trinajstić information content (AvgIpc) is 2.91. The van der Waals surface area contributed by atoms with Gasteiger partial charge in [-0.3, -0.25) is 0 Å². The molecule has 2 aromatic rings. The van der Waals surface area contributed by atoms with Crippen molar-refractivity contribution in [2.75, 3.05) is 11.9 Å². The second-order valence-corrected chi connectivity index (χ2v) is 3.84. The SMILES string of the molecule is C=Cn1cc(CNc2cccc(OCC#N)c2)cn1. The maximum atomic E-state index is 8.47. The first-order valence-electron chi connectivity index (χ1n) is 5.81. The van der Waals surface area contributed by atoms with E-state index in [4.69, 9.17) is 10.00 Å². The topological polar surface area (TPSA) is 62.9 Å². The third kappa shape index (κ3) is 3.61. The Labute approximate surface area is 111 Å². The van der Waals surface area contributed by atoms with E-state index in [0.29, 0.717) is 12.3 Å². The first-order chi connectivity index (χ1) is 9.31. The Balaban J connectivity index is 1.95. The molecule has 0 saturated heterocycles. The van der Waals surface area contributed by atoms with Gasteiger partial charge in [-0.15, -0.1) is 0 Å². The van der Waals surface area contributed by atoms with Gasteiger partial charge in [-0.25, -0.2) is 4.68 Å². The Kier molecular flexibility index (Phi) is 4.19. The maximum Gasteiger partial charge on any atom is 0.174 e. The van der Waals surface area contributed by atoms with Gasteiger partial charge in [-0.05, 0) is 12.1 Å². The minimum Gasteiger partial charge on any atom is -0.479 e. The summed E-state index contributed by atoms with van der Waals surface area (Å²) in [4.78, 5) is 0. The molecule has 5 nitrogen and oxygen atoms in total. The Hall–Kier alpha value is -2.74. The zero-order chi connectivity index (χ0) is 13.5. The second-order valence-electron chi connectivity index (χ2n) is 3.84. The van der Waals surface area contributed by atoms with Crippen LogP contribution < -0.4 is 10.1 Å². The number of nitriles is 1. The van der Waals surface area contributed by atoms with Crippen LogP contribution in [0.2, 0.25) is 0 Å². The van der Waals surface area contributed by atoms with E-state index >= 15 is 0 Å². The smallest absolute Gasteiger partial charge is 0.174 e. The van der Waals surface area contributed by atoms with Crippen LogP contribution in [0.25, 0.3) is 6.20 Å². The molecule has 19 heavy (non-hydrogen) atoms. The second kappa shape index (κ2) is 6.26. The average molecular weight is 254 g/mol. The zero-order valence-electron chi connectivity index (χ0n) is 10.4. The molecule has 0 saturated carbocycles. The van der Waals surface area contributed by atoms with Crippen molar-refractivity contribution >= 4 is 11.9 Å². The molecule has 0 fully saturated rings. The van der Waals surface area contributed by atoms with Crippen molar-refractivity contribution < 1.29 is 4.74 Å². The lowest BCUT2D eigenvalue weighted by Gasteiger charge is -2.07. The molecule has 0 spiro atoms. The van der Waals surface area contributed by atoms with Crippen LogP contribution in [0.5, 0.6) is 5.75 Å². The number of ether oxygens (including phenoxy) is 1. The van der Waals surface area contributed by atoms with Crippen molar-refractivity contribution in [1.29, 1.82) is 5.26 Å². The number of nitrogens with one attached hydrogen (secondary N) is 1. The van der Waals surface area contributed by atoms with Crippen molar-refractivity contribution in [3.63, 3.8) is 0 Å². The van der Waals surface area contributed by atoms with Crippen LogP contribution in [0.3, 0.4) is 0 Å². The molecule has 0 aliphatic rings. The standard InChI is InChI=1S/C14H14N4O/c1-2-18-11-12(10-17-18)9-16-13-4-3-5-14(8-13)19-7-6-15/h2-5,8,10-11,16H,1,7,9H2. The Morgan fingerprint density at radius 3 is 3.16 bits per heavy atom. The van der Waals surface area contributed by atoms with Crippen LogP contribution in [0.15, 0.2) is 43.2 Å². The van der Waals surface area contributed by atoms with Gasteiger partial charge in [-0.2, -0.15) is 10.4 Å². The molecule has 0 bridgehead atoms. The van der Waals surface area contributed by atoms with Crippen molar-refractivity contribution in [2.24, 2.45) is 0 Å². The van der Waals surface area contributed by atoms with Gasteiger partial charge in [0.25, 0.3) is 0 Å². The molecule has 1 heterocycles. The third-order valence-corrected chi connectivity index (χ3v) is 2.48. The summed E-state index contributed by atoms with van der Waals surface area (Å²) in [6.45, 7) is 4.35. The van der Waals surface area contributed by atoms with Crippen LogP contribution in [-0.4, -0.2) is 16.4 Å². The Bertz CT molecular complexity index is 597. The molecular weight excluding hydrogens is 240 g/mol. The van der Waals surface area contributed by atoms with E-state index in [1.54, 1.807) is 17.1 Å². The number of rotatable bonds is 6. The predicted molar refractivity (Wildman–Crippen MR) is 73.5 cm³/mol. The van der Waals surface area contributed by atoms with E-state index in [9.17, 15) is 0 Å². The Morgan fingerprint density at radius 1 is 1.53 bits per heavy atom. The van der Waals surface area contributed by atoms with Gasteiger partial charge in [0.1, 0.15) is 11.8 Å². The summed E-state index contributed by atoms with van der Waals surface area (Å²) in [5.74, 6) is 0.674. The monoisotopic (exact) mass is 254 g/mol. The summed E-state index contributed by atoms with van der Waals surface area (Å²) in [6, 6.07) is 9.43. The van der Waals surface area contributed by atoms with Gasteiger partial charge < -0.3 is 10.1 Å². The van der Waals surface area contributed by atoms with E-state index in [1.807, 2.05) is 36.5 Å². The van der Waals surface area contributed by atoms with Crippen LogP contribution in [0.1, 0.15) is 5.56 Å². The molecule has 2 rings (SSSR count). The van der Waals surface area contributed by atoms with Crippen LogP contribution in [0, 0.1) is 11.3 Å². The zero-order valence-corrected chi connectivity index (χ0v) is 10.4. The number of nitrogens with zero attached hydrogens (tertiary/aromatic N) is 3. The maximum absolute atomic E-state index is 8.47. The number of hydrogen-bond acceptors (Lipinski definition) is 4. The van der Waals surface area contributed by atoms with Gasteiger partial charge in [0.05, 0.1) is 6.20 Å². The predicted octanol–water partition coefficient (Wildman–Crippen LogP) is 2.50. The van der Waals surface area contributed by atoms with Gasteiger partial charge in [-0.1, -0.05) is 12.6 Å². The highest BCUT2D eigenvalue weighted by atomic mass is 16.5. The number of aromatic nitrogens is 2. The van der Waals surface area contributed by atoms with E-state index in [1.165, 1.54) is 0 Å². The van der Waals surface area contributed by atoms with Crippen molar-refractivity contribution in [3.8, 4) is 11.8 Å². The molecule has 0 aliphatic heterocycles. The lowest BCUT2D eigenvalue weighted by atomic mass is 10.3. The molecule has 0 unspecified atom stereocenters. The van der Waals surface area contributed by atoms with Gasteiger partial charge in [0, 0.05) is 36.3 Å². The molecule has 96 valence electrons. The highest BCUT2D eigenvalue weighted by molar-refractivity contribution is 5.48. The minimum absolute atomic E-state index is 0.0511. The largest absolute Gasteiger partial charge is 0.479 e. The summed E-state index contributed by atoms with van der Waals surface area (Å²) < 4.78 is 6.89. The highest BCUT2D eigenvalue weighted by Gasteiger charge is 1.99. The van der Waals surface area contributed by atoms with Gasteiger partial charge in [0.2, 0.25) is 0 Å². The molecule has 5 heteroatoms. The van der Waals surface area contributed by atoms with E-state index in [-0.39, 0.29) is 6.61 Å². The lowest BCUT2D eigenvalue weighted by Crippen LogP contribution is -1.99. The van der Waals surface area contributed by atoms with Crippen molar-refractivity contribution in [3.05, 3.63) is 48.8 Å². The summed E-state index contributed by atoms with van der Waals surface area (Å²) in [5.41, 5.74) is 1.99. The summed E-state index contributed by atoms with van der Waals surface area (Å²) in [5, 5.41) is 15.8. The fourth-order valence-electron chi connectivity index (χ4n) is 1.58. The number of benzene rings is 1. The van der Waals surface area contributed by atoms with Crippen molar-refractivity contribution in [1.82, 2.24) is 9.78 Å². The normalized spacial score (nSPS) is 9.63. The summed E-state index contributed by atoms with van der Waals surface area (Å²) in [6.07, 6.45) is 5.32. The fraction of sp³-hybridized carbons (Fsp3) is 0.143. The van der Waals surface area contributed by atoms with Crippen molar-refractivity contribution in [2.45, 2.75) is 6.54 Å². The molecule has 1 aromatic heterocycles. The number of anilines is 1. The van der Waals surface area contributed by atoms with Gasteiger partial charge >= 0.3 is 0 Å². The molecule has 1 aromatic carbocycles. The third-order valence-electron chi connectivity index (χ3n) is 2.48. The summed E-state index contributed by atoms with van der Waals surface area (Å²) in [7, 11) is 0. The van der Waals surface area contributed by atoms with E-state index < -0.39 is 0 Å². The first-order valence-corrected chi connectivity index (χ1v) is 5.81. The highest BCUT2D eigenvalue weighted by Crippen LogP contribution is 2.17. The Morgan fingerprint density at radius 2 is 2.42 bits per heavy atom. The first kappa shape index (κ1) is 12.7. The minimum atomic E-state index is 0.0511. The molecule has 0 aliphatic carbocycles. The molecule has 0 atom stereocenters. The van der Waals surface area contributed by atoms with E-state index in [0.717, 1.165) is 11.3 Å². The fourth-order valence-corrected chi connectivity index (χ4v) is 1.58. The molecule has 1 N–H and O–H groups in total. The molecular formula is C14H14N4O. The molecule has 0 radical (unpaired) electrons. The lowest BCUT2D eigenvalue weighted by molar-refractivity contribution is 0.368. The van der Waals surface area contributed by atoms with Crippen LogP contribution in [0.4, 0.5) is 5.69 Å². The van der Waals surface area contributed by atoms with Gasteiger partial charge in [0.15, 0.2) is 6.61 Å².